The molecule has 1 heterocycles. The highest BCUT2D eigenvalue weighted by atomic mass is 16.5. The average molecular weight is 445 g/mol. The van der Waals surface area contributed by atoms with Gasteiger partial charge in [-0.1, -0.05) is 60.7 Å². The highest BCUT2D eigenvalue weighted by Gasteiger charge is 2.26. The Morgan fingerprint density at radius 3 is 2.24 bits per heavy atom. The van der Waals surface area contributed by atoms with Crippen LogP contribution in [-0.4, -0.2) is 31.5 Å². The predicted molar refractivity (Wildman–Crippen MR) is 127 cm³/mol. The van der Waals surface area contributed by atoms with Crippen molar-refractivity contribution >= 4 is 17.6 Å². The van der Waals surface area contributed by atoms with Gasteiger partial charge in [0.25, 0.3) is 0 Å². The molecule has 33 heavy (non-hydrogen) atoms. The molecule has 6 heteroatoms. The highest BCUT2D eigenvalue weighted by molar-refractivity contribution is 5.98. The third-order valence-corrected chi connectivity index (χ3v) is 5.71. The van der Waals surface area contributed by atoms with Gasteiger partial charge in [-0.2, -0.15) is 0 Å². The number of hydrogen-bond donors (Lipinski definition) is 1. The first kappa shape index (κ1) is 22.6. The van der Waals surface area contributed by atoms with Crippen LogP contribution in [0.25, 0.3) is 0 Å². The average Bonchev–Trinajstić information content (AvgIpc) is 3.41. The molecule has 0 bridgehead atoms. The van der Waals surface area contributed by atoms with E-state index in [-0.39, 0.29) is 18.6 Å². The van der Waals surface area contributed by atoms with Crippen molar-refractivity contribution in [3.05, 3.63) is 95.6 Å². The normalized spacial score (nSPS) is 15.1. The summed E-state index contributed by atoms with van der Waals surface area (Å²) in [4.78, 5) is 27.3. The molecule has 0 saturated carbocycles. The van der Waals surface area contributed by atoms with Crippen molar-refractivity contribution in [1.82, 2.24) is 5.32 Å². The summed E-state index contributed by atoms with van der Waals surface area (Å²) in [7, 11) is 1.74. The van der Waals surface area contributed by atoms with Gasteiger partial charge in [-0.3, -0.25) is 4.79 Å². The molecule has 170 valence electrons. The topological polar surface area (TPSA) is 67.9 Å². The number of anilines is 1. The second-order valence-corrected chi connectivity index (χ2v) is 8.06. The Labute approximate surface area is 194 Å². The van der Waals surface area contributed by atoms with E-state index in [0.29, 0.717) is 23.6 Å². The Kier molecular flexibility index (Phi) is 7.37. The fourth-order valence-electron chi connectivity index (χ4n) is 3.80. The van der Waals surface area contributed by atoms with E-state index in [4.69, 9.17) is 9.47 Å². The van der Waals surface area contributed by atoms with Crippen LogP contribution < -0.4 is 15.0 Å². The van der Waals surface area contributed by atoms with Crippen molar-refractivity contribution in [2.45, 2.75) is 32.1 Å². The molecule has 1 atom stereocenters. The summed E-state index contributed by atoms with van der Waals surface area (Å²) in [5.41, 5.74) is 2.87. The van der Waals surface area contributed by atoms with Gasteiger partial charge in [0.15, 0.2) is 0 Å². The Hall–Kier alpha value is -3.64. The minimum atomic E-state index is -0.472. The van der Waals surface area contributed by atoms with Crippen molar-refractivity contribution in [1.29, 1.82) is 0 Å². The number of ether oxygens (including phenoxy) is 2. The number of esters is 1. The molecule has 1 saturated heterocycles. The Morgan fingerprint density at radius 1 is 0.939 bits per heavy atom. The molecule has 3 aromatic rings. The van der Waals surface area contributed by atoms with Crippen LogP contribution in [-0.2, 0) is 22.7 Å². The first-order chi connectivity index (χ1) is 16.1. The minimum absolute atomic E-state index is 0.000846. The zero-order valence-electron chi connectivity index (χ0n) is 18.7. The second kappa shape index (κ2) is 10.8. The maximum atomic E-state index is 12.9. The third-order valence-electron chi connectivity index (χ3n) is 5.71. The van der Waals surface area contributed by atoms with Crippen LogP contribution in [0.3, 0.4) is 0 Å². The van der Waals surface area contributed by atoms with Gasteiger partial charge in [-0.15, -0.1) is 0 Å². The Morgan fingerprint density at radius 2 is 1.61 bits per heavy atom. The lowest BCUT2D eigenvalue weighted by Crippen LogP contribution is -2.41. The predicted octanol–water partition coefficient (Wildman–Crippen LogP) is 4.34. The lowest BCUT2D eigenvalue weighted by Gasteiger charge is -2.22. The Bertz CT molecular complexity index is 1080. The van der Waals surface area contributed by atoms with Gasteiger partial charge in [0, 0.05) is 18.8 Å². The van der Waals surface area contributed by atoms with Crippen LogP contribution >= 0.6 is 0 Å². The molecule has 0 spiro atoms. The van der Waals surface area contributed by atoms with Crippen molar-refractivity contribution in [3.63, 3.8) is 0 Å². The van der Waals surface area contributed by atoms with E-state index in [1.165, 1.54) is 0 Å². The molecule has 1 N–H and O–H groups in total. The second-order valence-electron chi connectivity index (χ2n) is 8.06. The number of hydrogen-bond acceptors (Lipinski definition) is 5. The zero-order chi connectivity index (χ0) is 23.0. The Balaban J connectivity index is 1.54. The number of rotatable bonds is 8. The van der Waals surface area contributed by atoms with E-state index >= 15 is 0 Å². The number of nitrogens with zero attached hydrogens (tertiary/aromatic N) is 1. The van der Waals surface area contributed by atoms with E-state index in [2.05, 4.69) is 5.32 Å². The number of amides is 1. The fraction of sp³-hybridized carbons (Fsp3) is 0.259. The van der Waals surface area contributed by atoms with Gasteiger partial charge in [0.2, 0.25) is 5.91 Å². The van der Waals surface area contributed by atoms with Crippen LogP contribution in [0.5, 0.6) is 5.75 Å². The van der Waals surface area contributed by atoms with E-state index in [1.54, 1.807) is 30.1 Å². The van der Waals surface area contributed by atoms with Gasteiger partial charge in [0.05, 0.1) is 6.04 Å². The molecule has 1 fully saturated rings. The molecule has 1 aliphatic heterocycles. The molecule has 1 amide bonds. The third kappa shape index (κ3) is 5.79. The van der Waals surface area contributed by atoms with Gasteiger partial charge < -0.3 is 19.7 Å². The summed E-state index contributed by atoms with van der Waals surface area (Å²) in [5.74, 6) is -0.0886. The summed E-state index contributed by atoms with van der Waals surface area (Å²) >= 11 is 0. The number of benzene rings is 3. The fourth-order valence-corrected chi connectivity index (χ4v) is 3.80. The molecule has 6 nitrogen and oxygen atoms in total. The van der Waals surface area contributed by atoms with E-state index in [0.717, 1.165) is 30.5 Å². The monoisotopic (exact) mass is 444 g/mol. The van der Waals surface area contributed by atoms with Crippen LogP contribution in [0.15, 0.2) is 78.9 Å². The van der Waals surface area contributed by atoms with Crippen LogP contribution in [0.4, 0.5) is 5.69 Å². The summed E-state index contributed by atoms with van der Waals surface area (Å²) in [6.07, 6.45) is 1.81. The SMILES string of the molecule is CN(C(=O)[C@H]1CCCN1)c1ccc(C(=O)OCc2ccccc2)c(OCc2ccccc2)c1. The molecule has 0 radical (unpaired) electrons. The maximum Gasteiger partial charge on any atom is 0.342 e. The molecule has 3 aromatic carbocycles. The first-order valence-electron chi connectivity index (χ1n) is 11.1. The maximum absolute atomic E-state index is 12.9. The summed E-state index contributed by atoms with van der Waals surface area (Å²) in [6.45, 7) is 1.32. The lowest BCUT2D eigenvalue weighted by molar-refractivity contribution is -0.119. The molecule has 0 aliphatic carbocycles. The van der Waals surface area contributed by atoms with E-state index < -0.39 is 5.97 Å². The largest absolute Gasteiger partial charge is 0.488 e. The highest BCUT2D eigenvalue weighted by Crippen LogP contribution is 2.28. The number of nitrogens with one attached hydrogen (secondary N) is 1. The van der Waals surface area contributed by atoms with Gasteiger partial charge in [-0.05, 0) is 42.6 Å². The van der Waals surface area contributed by atoms with Gasteiger partial charge >= 0.3 is 5.97 Å². The van der Waals surface area contributed by atoms with Crippen molar-refractivity contribution in [2.24, 2.45) is 0 Å². The first-order valence-corrected chi connectivity index (χ1v) is 11.1. The van der Waals surface area contributed by atoms with E-state index in [1.807, 2.05) is 60.7 Å². The van der Waals surface area contributed by atoms with Gasteiger partial charge in [-0.25, -0.2) is 4.79 Å². The summed E-state index contributed by atoms with van der Waals surface area (Å²) in [5, 5.41) is 3.23. The van der Waals surface area contributed by atoms with Gasteiger partial charge in [0.1, 0.15) is 24.5 Å². The smallest absolute Gasteiger partial charge is 0.342 e. The molecule has 4 rings (SSSR count). The van der Waals surface area contributed by atoms with Crippen LogP contribution in [0, 0.1) is 0 Å². The number of likely N-dealkylation sites (N-methyl/N-ethyl adjacent to an activating group) is 1. The standard InChI is InChI=1S/C27H28N2O4/c1-29(26(30)24-13-8-16-28-24)22-14-15-23(27(31)33-19-21-11-6-3-7-12-21)25(17-22)32-18-20-9-4-2-5-10-20/h2-7,9-12,14-15,17,24,28H,8,13,16,18-19H2,1H3/t24-/m1/s1. The van der Waals surface area contributed by atoms with Crippen LogP contribution in [0.1, 0.15) is 34.3 Å². The molecule has 0 aromatic heterocycles. The minimum Gasteiger partial charge on any atom is -0.488 e. The molecular weight excluding hydrogens is 416 g/mol. The van der Waals surface area contributed by atoms with E-state index in [9.17, 15) is 9.59 Å². The molecule has 1 aliphatic rings. The van der Waals surface area contributed by atoms with Crippen molar-refractivity contribution in [2.75, 3.05) is 18.5 Å². The van der Waals surface area contributed by atoms with Crippen LogP contribution in [0.2, 0.25) is 0 Å². The van der Waals surface area contributed by atoms with Crippen molar-refractivity contribution in [3.8, 4) is 5.75 Å². The molecule has 0 unspecified atom stereocenters. The summed E-state index contributed by atoms with van der Waals surface area (Å²) in [6, 6.07) is 24.2. The summed E-state index contributed by atoms with van der Waals surface area (Å²) < 4.78 is 11.6. The zero-order valence-corrected chi connectivity index (χ0v) is 18.7. The quantitative estimate of drug-likeness (QED) is 0.524. The number of carbonyl (C=O) groups is 2. The van der Waals surface area contributed by atoms with Crippen molar-refractivity contribution < 1.29 is 19.1 Å². The lowest BCUT2D eigenvalue weighted by atomic mass is 10.1. The molecular formula is C27H28N2O4. The number of carbonyl (C=O) groups excluding carboxylic acids is 2.